The van der Waals surface area contributed by atoms with Gasteiger partial charge in [0.25, 0.3) is 5.91 Å². The highest BCUT2D eigenvalue weighted by atomic mass is 19.1. The summed E-state index contributed by atoms with van der Waals surface area (Å²) < 4.78 is 30.1. The van der Waals surface area contributed by atoms with Crippen LogP contribution < -0.4 is 4.74 Å². The number of aromatic nitrogens is 2. The van der Waals surface area contributed by atoms with E-state index in [1.807, 2.05) is 18.7 Å². The topological polar surface area (TPSA) is 77.7 Å². The molecule has 1 spiro atoms. The van der Waals surface area contributed by atoms with Gasteiger partial charge in [-0.15, -0.1) is 10.2 Å². The number of ether oxygens (including phenoxy) is 2. The minimum Gasteiger partial charge on any atom is -0.484 e. The summed E-state index contributed by atoms with van der Waals surface area (Å²) in [5.41, 5.74) is -0.120. The quantitative estimate of drug-likeness (QED) is 0.763. The molecule has 156 valence electrons. The van der Waals surface area contributed by atoms with Gasteiger partial charge < -0.3 is 18.8 Å². The Labute approximate surface area is 169 Å². The number of hydrogen-bond donors (Lipinski definition) is 0. The summed E-state index contributed by atoms with van der Waals surface area (Å²) in [6, 6.07) is 5.65. The molecule has 2 saturated heterocycles. The van der Waals surface area contributed by atoms with E-state index in [4.69, 9.17) is 13.9 Å². The average molecular weight is 403 g/mol. The molecule has 2 aliphatic heterocycles. The fourth-order valence-electron chi connectivity index (χ4n) is 4.17. The number of likely N-dealkylation sites (tertiary alicyclic amines) is 1. The Morgan fingerprint density at radius 1 is 1.28 bits per heavy atom. The van der Waals surface area contributed by atoms with Gasteiger partial charge in [-0.05, 0) is 37.1 Å². The third-order valence-electron chi connectivity index (χ3n) is 5.91. The third kappa shape index (κ3) is 4.12. The molecular weight excluding hydrogens is 377 g/mol. The van der Waals surface area contributed by atoms with E-state index in [0.29, 0.717) is 43.8 Å². The molecule has 1 amide bonds. The lowest BCUT2D eigenvalue weighted by Gasteiger charge is -2.36. The molecule has 2 fully saturated rings. The van der Waals surface area contributed by atoms with E-state index < -0.39 is 0 Å². The normalized spacial score (nSPS) is 21.1. The maximum absolute atomic E-state index is 13.0. The van der Waals surface area contributed by atoms with Crippen molar-refractivity contribution in [3.8, 4) is 5.75 Å². The first-order chi connectivity index (χ1) is 14.0. The summed E-state index contributed by atoms with van der Waals surface area (Å²) in [6.45, 7) is 6.40. The van der Waals surface area contributed by atoms with Gasteiger partial charge in [-0.2, -0.15) is 0 Å². The maximum atomic E-state index is 13.0. The van der Waals surface area contributed by atoms with E-state index in [-0.39, 0.29) is 35.6 Å². The van der Waals surface area contributed by atoms with Crippen LogP contribution in [0.4, 0.5) is 4.39 Å². The number of carbonyl (C=O) groups excluding carboxylic acids is 1. The van der Waals surface area contributed by atoms with Crippen LogP contribution in [0.1, 0.15) is 50.3 Å². The van der Waals surface area contributed by atoms with Crippen molar-refractivity contribution in [3.05, 3.63) is 41.9 Å². The first kappa shape index (κ1) is 19.8. The second-order valence-electron chi connectivity index (χ2n) is 8.18. The zero-order valence-corrected chi connectivity index (χ0v) is 16.8. The molecule has 29 heavy (non-hydrogen) atoms. The smallest absolute Gasteiger partial charge is 0.260 e. The number of rotatable bonds is 5. The number of carbonyl (C=O) groups is 1. The zero-order chi connectivity index (χ0) is 20.4. The summed E-state index contributed by atoms with van der Waals surface area (Å²) in [4.78, 5) is 14.6. The van der Waals surface area contributed by atoms with Crippen molar-refractivity contribution in [3.63, 3.8) is 0 Å². The second-order valence-corrected chi connectivity index (χ2v) is 8.18. The highest BCUT2D eigenvalue weighted by Gasteiger charge is 2.51. The van der Waals surface area contributed by atoms with Crippen molar-refractivity contribution in [2.75, 3.05) is 32.9 Å². The van der Waals surface area contributed by atoms with Crippen LogP contribution in [0.5, 0.6) is 5.75 Å². The maximum Gasteiger partial charge on any atom is 0.260 e. The van der Waals surface area contributed by atoms with Crippen LogP contribution in [0.25, 0.3) is 0 Å². The standard InChI is InChI=1S/C21H26FN3O4/c1-14(2)19-23-24-20(29-19)17-11-25(13-21(17)7-9-27-10-8-21)18(26)12-28-16-5-3-15(22)4-6-16/h3-6,14,17H,7-13H2,1-2H3. The minimum atomic E-state index is -0.340. The van der Waals surface area contributed by atoms with Crippen LogP contribution in [0.3, 0.4) is 0 Å². The summed E-state index contributed by atoms with van der Waals surface area (Å²) in [5, 5.41) is 8.49. The Hall–Kier alpha value is -2.48. The lowest BCUT2D eigenvalue weighted by atomic mass is 9.72. The van der Waals surface area contributed by atoms with E-state index in [9.17, 15) is 9.18 Å². The molecule has 8 heteroatoms. The van der Waals surface area contributed by atoms with Crippen LogP contribution in [0.2, 0.25) is 0 Å². The minimum absolute atomic E-state index is 0.0128. The lowest BCUT2D eigenvalue weighted by Crippen LogP contribution is -2.38. The Bertz CT molecular complexity index is 846. The van der Waals surface area contributed by atoms with E-state index >= 15 is 0 Å². The van der Waals surface area contributed by atoms with Crippen molar-refractivity contribution in [1.82, 2.24) is 15.1 Å². The van der Waals surface area contributed by atoms with Gasteiger partial charge in [0.15, 0.2) is 6.61 Å². The molecule has 1 unspecified atom stereocenters. The van der Waals surface area contributed by atoms with E-state index in [2.05, 4.69) is 10.2 Å². The van der Waals surface area contributed by atoms with E-state index in [0.717, 1.165) is 12.8 Å². The van der Waals surface area contributed by atoms with Gasteiger partial charge in [0, 0.05) is 37.6 Å². The largest absolute Gasteiger partial charge is 0.484 e. The van der Waals surface area contributed by atoms with E-state index in [1.165, 1.54) is 24.3 Å². The number of benzene rings is 1. The van der Waals surface area contributed by atoms with E-state index in [1.54, 1.807) is 0 Å². The number of halogens is 1. The predicted octanol–water partition coefficient (Wildman–Crippen LogP) is 3.13. The van der Waals surface area contributed by atoms with Crippen molar-refractivity contribution in [1.29, 1.82) is 0 Å². The van der Waals surface area contributed by atoms with Crippen LogP contribution in [0, 0.1) is 11.2 Å². The first-order valence-electron chi connectivity index (χ1n) is 10.0. The molecule has 7 nitrogen and oxygen atoms in total. The molecule has 0 saturated carbocycles. The Balaban J connectivity index is 1.48. The Kier molecular flexibility index (Phi) is 5.54. The highest BCUT2D eigenvalue weighted by Crippen LogP contribution is 2.49. The number of nitrogens with zero attached hydrogens (tertiary/aromatic N) is 3. The van der Waals surface area contributed by atoms with Crippen LogP contribution in [0.15, 0.2) is 28.7 Å². The van der Waals surface area contributed by atoms with Crippen LogP contribution in [-0.2, 0) is 9.53 Å². The summed E-state index contributed by atoms with van der Waals surface area (Å²) in [7, 11) is 0. The fraction of sp³-hybridized carbons (Fsp3) is 0.571. The number of amides is 1. The highest BCUT2D eigenvalue weighted by molar-refractivity contribution is 5.78. The van der Waals surface area contributed by atoms with Gasteiger partial charge in [0.05, 0.1) is 5.92 Å². The molecule has 1 aromatic heterocycles. The SMILES string of the molecule is CC(C)c1nnc(C2CN(C(=O)COc3ccc(F)cc3)CC23CCOCC3)o1. The van der Waals surface area contributed by atoms with Crippen molar-refractivity contribution in [2.24, 2.45) is 5.41 Å². The molecular formula is C21H26FN3O4. The molecule has 1 atom stereocenters. The monoisotopic (exact) mass is 403 g/mol. The molecule has 0 radical (unpaired) electrons. The van der Waals surface area contributed by atoms with Gasteiger partial charge in [-0.1, -0.05) is 13.8 Å². The molecule has 4 rings (SSSR count). The van der Waals surface area contributed by atoms with Crippen LogP contribution in [-0.4, -0.2) is 53.9 Å². The van der Waals surface area contributed by atoms with Gasteiger partial charge in [0.2, 0.25) is 11.8 Å². The molecule has 0 N–H and O–H groups in total. The first-order valence-corrected chi connectivity index (χ1v) is 10.0. The number of hydrogen-bond acceptors (Lipinski definition) is 6. The molecule has 2 aromatic rings. The van der Waals surface area contributed by atoms with Gasteiger partial charge in [-0.25, -0.2) is 4.39 Å². The Morgan fingerprint density at radius 3 is 2.66 bits per heavy atom. The average Bonchev–Trinajstić information content (AvgIpc) is 3.33. The van der Waals surface area contributed by atoms with Crippen molar-refractivity contribution >= 4 is 5.91 Å². The van der Waals surface area contributed by atoms with Crippen molar-refractivity contribution < 1.29 is 23.1 Å². The molecule has 2 aliphatic rings. The zero-order valence-electron chi connectivity index (χ0n) is 16.8. The molecule has 0 bridgehead atoms. The van der Waals surface area contributed by atoms with Crippen molar-refractivity contribution in [2.45, 2.75) is 38.5 Å². The van der Waals surface area contributed by atoms with Gasteiger partial charge in [-0.3, -0.25) is 4.79 Å². The summed E-state index contributed by atoms with van der Waals surface area (Å²) in [5.74, 6) is 1.39. The summed E-state index contributed by atoms with van der Waals surface area (Å²) in [6.07, 6.45) is 1.69. The Morgan fingerprint density at radius 2 is 2.00 bits per heavy atom. The lowest BCUT2D eigenvalue weighted by molar-refractivity contribution is -0.133. The van der Waals surface area contributed by atoms with Crippen LogP contribution >= 0.6 is 0 Å². The third-order valence-corrected chi connectivity index (χ3v) is 5.91. The molecule has 3 heterocycles. The molecule has 1 aromatic carbocycles. The van der Waals surface area contributed by atoms with Gasteiger partial charge >= 0.3 is 0 Å². The second kappa shape index (κ2) is 8.10. The molecule has 0 aliphatic carbocycles. The summed E-state index contributed by atoms with van der Waals surface area (Å²) >= 11 is 0. The fourth-order valence-corrected chi connectivity index (χ4v) is 4.17. The van der Waals surface area contributed by atoms with Gasteiger partial charge in [0.1, 0.15) is 11.6 Å². The predicted molar refractivity (Wildman–Crippen MR) is 102 cm³/mol.